The minimum Gasteiger partial charge on any atom is -0.310 e. The van der Waals surface area contributed by atoms with E-state index in [1.807, 2.05) is 11.3 Å². The van der Waals surface area contributed by atoms with Crippen molar-refractivity contribution in [1.29, 1.82) is 0 Å². The number of hydrogen-bond donors (Lipinski definition) is 0. The maximum atomic E-state index is 5.27. The fraction of sp³-hybridized carbons (Fsp3) is 0.432. The molecule has 1 aliphatic carbocycles. The smallest absolute Gasteiger partial charge is 0.262 e. The van der Waals surface area contributed by atoms with Gasteiger partial charge in [-0.2, -0.15) is 0 Å². The molecule has 4 heteroatoms. The second kappa shape index (κ2) is 9.87. The molecule has 0 spiro atoms. The van der Waals surface area contributed by atoms with E-state index in [2.05, 4.69) is 155 Å². The molecule has 5 aromatic rings. The van der Waals surface area contributed by atoms with Crippen molar-refractivity contribution in [3.05, 3.63) is 100 Å². The summed E-state index contributed by atoms with van der Waals surface area (Å²) in [6.07, 6.45) is 4.50. The Labute approximate surface area is 293 Å². The summed E-state index contributed by atoms with van der Waals surface area (Å²) in [5, 5.41) is 1.36. The molecule has 3 aliphatic rings. The van der Waals surface area contributed by atoms with Gasteiger partial charge in [0.1, 0.15) is 0 Å². The number of thiophene rings is 1. The van der Waals surface area contributed by atoms with Gasteiger partial charge in [-0.3, -0.25) is 4.98 Å². The molecule has 0 saturated heterocycles. The van der Waals surface area contributed by atoms with Gasteiger partial charge in [0.25, 0.3) is 6.71 Å². The Morgan fingerprint density at radius 1 is 0.708 bits per heavy atom. The summed E-state index contributed by atoms with van der Waals surface area (Å²) in [5.74, 6) is 0. The van der Waals surface area contributed by atoms with Crippen molar-refractivity contribution < 1.29 is 0 Å². The third-order valence-electron chi connectivity index (χ3n) is 12.1. The largest absolute Gasteiger partial charge is 0.310 e. The second-order valence-electron chi connectivity index (χ2n) is 18.8. The lowest BCUT2D eigenvalue weighted by atomic mass is 9.32. The fourth-order valence-electron chi connectivity index (χ4n) is 8.90. The zero-order valence-corrected chi connectivity index (χ0v) is 32.0. The molecule has 0 N–H and O–H groups in total. The number of benzene rings is 3. The zero-order valence-electron chi connectivity index (χ0n) is 31.1. The van der Waals surface area contributed by atoms with E-state index in [4.69, 9.17) is 4.98 Å². The molecule has 8 rings (SSSR count). The number of anilines is 3. The Bertz CT molecular complexity index is 2130. The van der Waals surface area contributed by atoms with E-state index in [1.165, 1.54) is 83.6 Å². The van der Waals surface area contributed by atoms with Crippen molar-refractivity contribution in [2.45, 2.75) is 123 Å². The van der Waals surface area contributed by atoms with E-state index in [0.29, 0.717) is 0 Å². The summed E-state index contributed by atoms with van der Waals surface area (Å²) in [5.41, 5.74) is 15.4. The van der Waals surface area contributed by atoms with Gasteiger partial charge in [0.15, 0.2) is 0 Å². The molecule has 4 heterocycles. The molecular formula is C44H51BN2S. The maximum Gasteiger partial charge on any atom is 0.262 e. The highest BCUT2D eigenvalue weighted by Gasteiger charge is 2.50. The van der Waals surface area contributed by atoms with Crippen LogP contribution < -0.4 is 20.6 Å². The Kier molecular flexibility index (Phi) is 6.56. The van der Waals surface area contributed by atoms with E-state index < -0.39 is 0 Å². The summed E-state index contributed by atoms with van der Waals surface area (Å²) in [6, 6.07) is 24.1. The van der Waals surface area contributed by atoms with Crippen LogP contribution in [0.25, 0.3) is 10.1 Å². The van der Waals surface area contributed by atoms with Gasteiger partial charge in [-0.15, -0.1) is 11.3 Å². The van der Waals surface area contributed by atoms with Crippen LogP contribution in [0.4, 0.5) is 17.1 Å². The van der Waals surface area contributed by atoms with Crippen LogP contribution in [-0.4, -0.2) is 11.7 Å². The molecule has 0 amide bonds. The fourth-order valence-corrected chi connectivity index (χ4v) is 10.2. The SMILES string of the molecule is CC(C)(C)c1ccc(N2c3ccnc4c3B(c3cc5c(cc3C4(C)C)C(C)(C)CCC5(C)C)c3sc4ccc(C(C)(C)C)cc4c32)cc1. The molecule has 246 valence electrons. The first-order valence-corrected chi connectivity index (χ1v) is 18.8. The van der Waals surface area contributed by atoms with Gasteiger partial charge in [-0.1, -0.05) is 119 Å². The van der Waals surface area contributed by atoms with Crippen molar-refractivity contribution in [2.24, 2.45) is 0 Å². The normalized spacial score (nSPS) is 18.7. The lowest BCUT2D eigenvalue weighted by Crippen LogP contribution is -2.64. The molecule has 2 aromatic heterocycles. The average Bonchev–Trinajstić information content (AvgIpc) is 3.38. The monoisotopic (exact) mass is 650 g/mol. The van der Waals surface area contributed by atoms with E-state index in [0.717, 1.165) is 0 Å². The topological polar surface area (TPSA) is 16.1 Å². The predicted octanol–water partition coefficient (Wildman–Crippen LogP) is 10.2. The Balaban J connectivity index is 1.48. The lowest BCUT2D eigenvalue weighted by Gasteiger charge is -2.47. The number of rotatable bonds is 1. The molecule has 0 unspecified atom stereocenters. The third-order valence-corrected chi connectivity index (χ3v) is 13.4. The summed E-state index contributed by atoms with van der Waals surface area (Å²) < 4.78 is 2.81. The molecule has 48 heavy (non-hydrogen) atoms. The van der Waals surface area contributed by atoms with Crippen LogP contribution in [0.2, 0.25) is 0 Å². The van der Waals surface area contributed by atoms with Gasteiger partial charge in [0, 0.05) is 43.5 Å². The number of pyridine rings is 1. The van der Waals surface area contributed by atoms with Gasteiger partial charge >= 0.3 is 0 Å². The van der Waals surface area contributed by atoms with Crippen LogP contribution in [0.3, 0.4) is 0 Å². The molecule has 3 aromatic carbocycles. The molecule has 0 atom stereocenters. The number of aromatic nitrogens is 1. The molecule has 0 fully saturated rings. The van der Waals surface area contributed by atoms with Crippen molar-refractivity contribution >= 4 is 60.9 Å². The van der Waals surface area contributed by atoms with Crippen LogP contribution in [0, 0.1) is 0 Å². The van der Waals surface area contributed by atoms with Crippen LogP contribution in [0.1, 0.15) is 129 Å². The van der Waals surface area contributed by atoms with Crippen LogP contribution >= 0.6 is 11.3 Å². The molecule has 0 radical (unpaired) electrons. The third kappa shape index (κ3) is 4.47. The van der Waals surface area contributed by atoms with Crippen molar-refractivity contribution in [3.8, 4) is 0 Å². The summed E-state index contributed by atoms with van der Waals surface area (Å²) >= 11 is 2.00. The molecule has 0 bridgehead atoms. The highest BCUT2D eigenvalue weighted by Crippen LogP contribution is 2.50. The van der Waals surface area contributed by atoms with Gasteiger partial charge in [0.2, 0.25) is 0 Å². The van der Waals surface area contributed by atoms with E-state index >= 15 is 0 Å². The highest BCUT2D eigenvalue weighted by atomic mass is 32.1. The maximum absolute atomic E-state index is 5.27. The predicted molar refractivity (Wildman–Crippen MR) is 210 cm³/mol. The van der Waals surface area contributed by atoms with Crippen molar-refractivity contribution in [2.75, 3.05) is 4.90 Å². The first kappa shape index (κ1) is 31.9. The quantitative estimate of drug-likeness (QED) is 0.165. The average molecular weight is 651 g/mol. The summed E-state index contributed by atoms with van der Waals surface area (Å²) in [6.45, 7) is 28.7. The second-order valence-corrected chi connectivity index (χ2v) is 19.9. The van der Waals surface area contributed by atoms with Gasteiger partial charge in [0.05, 0.1) is 5.69 Å². The van der Waals surface area contributed by atoms with Crippen LogP contribution in [0.5, 0.6) is 0 Å². The van der Waals surface area contributed by atoms with Crippen molar-refractivity contribution in [1.82, 2.24) is 4.98 Å². The Morgan fingerprint density at radius 3 is 1.94 bits per heavy atom. The van der Waals surface area contributed by atoms with Gasteiger partial charge in [-0.25, -0.2) is 0 Å². The summed E-state index contributed by atoms with van der Waals surface area (Å²) in [7, 11) is 0. The Hall–Kier alpha value is -3.37. The van der Waals surface area contributed by atoms with E-state index in [-0.39, 0.29) is 33.8 Å². The molecule has 0 saturated carbocycles. The zero-order chi connectivity index (χ0) is 34.3. The summed E-state index contributed by atoms with van der Waals surface area (Å²) in [4.78, 5) is 7.85. The lowest BCUT2D eigenvalue weighted by molar-refractivity contribution is 0.331. The molecule has 2 nitrogen and oxygen atoms in total. The first-order valence-electron chi connectivity index (χ1n) is 18.0. The molecule has 2 aliphatic heterocycles. The molecular weight excluding hydrogens is 599 g/mol. The van der Waals surface area contributed by atoms with Crippen LogP contribution in [-0.2, 0) is 27.1 Å². The number of fused-ring (bicyclic) bond motifs is 7. The van der Waals surface area contributed by atoms with Crippen LogP contribution in [0.15, 0.2) is 66.9 Å². The first-order chi connectivity index (χ1) is 22.3. The van der Waals surface area contributed by atoms with E-state index in [1.54, 1.807) is 5.56 Å². The minimum absolute atomic E-state index is 0.0603. The number of nitrogens with zero attached hydrogens (tertiary/aromatic N) is 2. The minimum atomic E-state index is -0.223. The van der Waals surface area contributed by atoms with Gasteiger partial charge < -0.3 is 4.90 Å². The number of hydrogen-bond acceptors (Lipinski definition) is 3. The van der Waals surface area contributed by atoms with Gasteiger partial charge in [-0.05, 0) is 98.1 Å². The van der Waals surface area contributed by atoms with E-state index in [9.17, 15) is 0 Å². The highest BCUT2D eigenvalue weighted by molar-refractivity contribution is 7.33. The Morgan fingerprint density at radius 2 is 1.31 bits per heavy atom. The standard InChI is InChI=1S/C44H51BN2S/c1-40(2,3)26-13-16-28(17-14-26)47-34-19-22-46-38-36(34)45(39-37(47)29-23-27(41(4,5)6)15-18-35(29)48-39)33-25-31-30(24-32(33)44(38,11)12)42(7,8)20-21-43(31,9)10/h13-19,22-25H,20-21H2,1-12H3. The van der Waals surface area contributed by atoms with Crippen molar-refractivity contribution in [3.63, 3.8) is 0 Å².